The third-order valence-corrected chi connectivity index (χ3v) is 6.75. The summed E-state index contributed by atoms with van der Waals surface area (Å²) in [7, 11) is 1.57. The van der Waals surface area contributed by atoms with Gasteiger partial charge in [-0.1, -0.05) is 29.8 Å². The van der Waals surface area contributed by atoms with E-state index < -0.39 is 17.6 Å². The number of nitriles is 1. The maximum absolute atomic E-state index is 14.4. The van der Waals surface area contributed by atoms with Gasteiger partial charge in [-0.25, -0.2) is 4.39 Å². The van der Waals surface area contributed by atoms with E-state index >= 15 is 0 Å². The molecule has 3 aromatic carbocycles. The number of alkyl halides is 3. The van der Waals surface area contributed by atoms with Crippen molar-refractivity contribution < 1.29 is 22.3 Å². The molecule has 3 aromatic rings. The first-order chi connectivity index (χ1) is 18.3. The molecule has 2 N–H and O–H groups in total. The van der Waals surface area contributed by atoms with Crippen LogP contribution in [-0.2, 0) is 12.7 Å². The van der Waals surface area contributed by atoms with Crippen LogP contribution in [0.2, 0.25) is 0 Å². The summed E-state index contributed by atoms with van der Waals surface area (Å²) in [5, 5.41) is 15.7. The number of hydrogen-bond donors (Lipinski definition) is 2. The summed E-state index contributed by atoms with van der Waals surface area (Å²) in [6.45, 7) is 1.55. The predicted octanol–water partition coefficient (Wildman–Crippen LogP) is 6.55. The van der Waals surface area contributed by atoms with Gasteiger partial charge in [-0.2, -0.15) is 18.4 Å². The summed E-state index contributed by atoms with van der Waals surface area (Å²) in [5.74, 6) is -0.246. The van der Waals surface area contributed by atoms with E-state index in [0.717, 1.165) is 65.9 Å². The van der Waals surface area contributed by atoms with Crippen molar-refractivity contribution in [2.24, 2.45) is 4.99 Å². The standard InChI is InChI=1S/C29H24F4N4O/c1-38-26-13-20(5-6-22(26)19-4-2-3-17(11-19)15-34)27(18-7-9-35-10-8-18)28-36-16-21-12-23(29(31,32)33)24(30)14-25(21)37-28/h2-6,11-14,35H,7-10,16H2,1H3,(H,36,37). The molecule has 0 unspecified atom stereocenters. The number of fused-ring (bicyclic) bond motifs is 1. The van der Waals surface area contributed by atoms with E-state index in [9.17, 15) is 22.8 Å². The highest BCUT2D eigenvalue weighted by Crippen LogP contribution is 2.39. The molecule has 0 radical (unpaired) electrons. The second kappa shape index (κ2) is 10.3. The average molecular weight is 521 g/mol. The van der Waals surface area contributed by atoms with Gasteiger partial charge in [0.1, 0.15) is 17.4 Å². The lowest BCUT2D eigenvalue weighted by Gasteiger charge is -2.26. The Bertz CT molecular complexity index is 1490. The van der Waals surface area contributed by atoms with Crippen molar-refractivity contribution in [1.82, 2.24) is 5.32 Å². The molecule has 1 saturated heterocycles. The van der Waals surface area contributed by atoms with Crippen LogP contribution in [0.15, 0.2) is 65.2 Å². The zero-order valence-electron chi connectivity index (χ0n) is 20.5. The molecule has 2 heterocycles. The Balaban J connectivity index is 1.57. The minimum Gasteiger partial charge on any atom is -0.496 e. The Morgan fingerprint density at radius 2 is 1.84 bits per heavy atom. The number of ether oxygens (including phenoxy) is 1. The molecule has 194 valence electrons. The lowest BCUT2D eigenvalue weighted by atomic mass is 9.90. The number of nitrogens with zero attached hydrogens (tertiary/aromatic N) is 2. The molecule has 1 fully saturated rings. The molecule has 2 aliphatic heterocycles. The lowest BCUT2D eigenvalue weighted by Crippen LogP contribution is -2.27. The van der Waals surface area contributed by atoms with E-state index in [-0.39, 0.29) is 17.8 Å². The summed E-state index contributed by atoms with van der Waals surface area (Å²) in [5.41, 5.74) is 4.21. The maximum Gasteiger partial charge on any atom is 0.419 e. The molecule has 0 amide bonds. The molecule has 5 rings (SSSR count). The van der Waals surface area contributed by atoms with Crippen LogP contribution in [0.4, 0.5) is 23.2 Å². The van der Waals surface area contributed by atoms with Gasteiger partial charge in [0.25, 0.3) is 0 Å². The van der Waals surface area contributed by atoms with Gasteiger partial charge in [0.05, 0.1) is 30.9 Å². The number of amidine groups is 1. The number of hydrogen-bond acceptors (Lipinski definition) is 5. The number of halogens is 4. The lowest BCUT2D eigenvalue weighted by molar-refractivity contribution is -0.140. The molecule has 0 bridgehead atoms. The SMILES string of the molecule is COc1cc(C(C2=NCc3cc(C(F)(F)F)c(F)cc3N2)=C2CCNCC2)ccc1-c1cccc(C#N)c1. The van der Waals surface area contributed by atoms with Crippen LogP contribution in [0.3, 0.4) is 0 Å². The van der Waals surface area contributed by atoms with Gasteiger partial charge in [-0.3, -0.25) is 4.99 Å². The first-order valence-electron chi connectivity index (χ1n) is 12.1. The Kier molecular flexibility index (Phi) is 6.91. The van der Waals surface area contributed by atoms with E-state index in [1.807, 2.05) is 30.3 Å². The van der Waals surface area contributed by atoms with Crippen molar-refractivity contribution in [3.05, 3.63) is 88.2 Å². The second-order valence-corrected chi connectivity index (χ2v) is 9.11. The van der Waals surface area contributed by atoms with E-state index in [4.69, 9.17) is 4.74 Å². The number of nitrogens with one attached hydrogen (secondary N) is 2. The van der Waals surface area contributed by atoms with Crippen LogP contribution in [0.1, 0.15) is 35.1 Å². The van der Waals surface area contributed by atoms with Gasteiger partial charge in [0.15, 0.2) is 0 Å². The number of piperidine rings is 1. The minimum atomic E-state index is -4.78. The van der Waals surface area contributed by atoms with Crippen molar-refractivity contribution in [2.45, 2.75) is 25.6 Å². The van der Waals surface area contributed by atoms with Crippen molar-refractivity contribution >= 4 is 17.1 Å². The van der Waals surface area contributed by atoms with Crippen molar-refractivity contribution in [2.75, 3.05) is 25.5 Å². The first kappa shape index (κ1) is 25.5. The second-order valence-electron chi connectivity index (χ2n) is 9.11. The Morgan fingerprint density at radius 3 is 2.55 bits per heavy atom. The van der Waals surface area contributed by atoms with Gasteiger partial charge in [0, 0.05) is 16.8 Å². The van der Waals surface area contributed by atoms with E-state index in [1.165, 1.54) is 0 Å². The van der Waals surface area contributed by atoms with Crippen LogP contribution in [-0.4, -0.2) is 26.0 Å². The van der Waals surface area contributed by atoms with Gasteiger partial charge in [-0.05, 0) is 73.0 Å². The molecule has 0 saturated carbocycles. The smallest absolute Gasteiger partial charge is 0.419 e. The Morgan fingerprint density at radius 1 is 1.05 bits per heavy atom. The van der Waals surface area contributed by atoms with Crippen LogP contribution < -0.4 is 15.4 Å². The molecule has 0 spiro atoms. The summed E-state index contributed by atoms with van der Waals surface area (Å²) < 4.78 is 59.8. The fraction of sp³-hybridized carbons (Fsp3) is 0.241. The van der Waals surface area contributed by atoms with E-state index in [2.05, 4.69) is 21.7 Å². The highest BCUT2D eigenvalue weighted by atomic mass is 19.4. The molecule has 0 aliphatic carbocycles. The zero-order chi connectivity index (χ0) is 26.9. The van der Waals surface area contributed by atoms with Crippen LogP contribution in [0.5, 0.6) is 5.75 Å². The van der Waals surface area contributed by atoms with Crippen LogP contribution >= 0.6 is 0 Å². The molecular weight excluding hydrogens is 496 g/mol. The molecular formula is C29H24F4N4O. The Hall–Kier alpha value is -4.16. The summed E-state index contributed by atoms with van der Waals surface area (Å²) in [4.78, 5) is 4.59. The van der Waals surface area contributed by atoms with Gasteiger partial charge >= 0.3 is 6.18 Å². The summed E-state index contributed by atoms with van der Waals surface area (Å²) in [6.07, 6.45) is -3.26. The molecule has 0 aromatic heterocycles. The maximum atomic E-state index is 14.4. The van der Waals surface area contributed by atoms with Crippen LogP contribution in [0.25, 0.3) is 16.7 Å². The summed E-state index contributed by atoms with van der Waals surface area (Å²) >= 11 is 0. The first-order valence-corrected chi connectivity index (χ1v) is 12.1. The number of benzene rings is 3. The van der Waals surface area contributed by atoms with Crippen molar-refractivity contribution in [3.63, 3.8) is 0 Å². The quantitative estimate of drug-likeness (QED) is 0.383. The van der Waals surface area contributed by atoms with Crippen LogP contribution in [0, 0.1) is 17.1 Å². The van der Waals surface area contributed by atoms with E-state index in [1.54, 1.807) is 19.2 Å². The number of anilines is 1. The highest BCUT2D eigenvalue weighted by Gasteiger charge is 2.35. The largest absolute Gasteiger partial charge is 0.496 e. The Labute approximate surface area is 217 Å². The topological polar surface area (TPSA) is 69.4 Å². The highest BCUT2D eigenvalue weighted by molar-refractivity contribution is 6.29. The predicted molar refractivity (Wildman–Crippen MR) is 138 cm³/mol. The van der Waals surface area contributed by atoms with Gasteiger partial charge < -0.3 is 15.4 Å². The van der Waals surface area contributed by atoms with Gasteiger partial charge in [0.2, 0.25) is 0 Å². The van der Waals surface area contributed by atoms with Crippen molar-refractivity contribution in [3.8, 4) is 22.9 Å². The molecule has 5 nitrogen and oxygen atoms in total. The molecule has 9 heteroatoms. The molecule has 38 heavy (non-hydrogen) atoms. The normalized spacial score (nSPS) is 15.2. The average Bonchev–Trinajstić information content (AvgIpc) is 2.92. The third-order valence-electron chi connectivity index (χ3n) is 6.75. The number of aliphatic imine (C=N–C) groups is 1. The fourth-order valence-electron chi connectivity index (χ4n) is 4.88. The molecule has 2 aliphatic rings. The van der Waals surface area contributed by atoms with Crippen molar-refractivity contribution in [1.29, 1.82) is 5.26 Å². The number of rotatable bonds is 4. The van der Waals surface area contributed by atoms with E-state index in [0.29, 0.717) is 17.1 Å². The monoisotopic (exact) mass is 520 g/mol. The molecule has 0 atom stereocenters. The van der Waals surface area contributed by atoms with Gasteiger partial charge in [-0.15, -0.1) is 0 Å². The fourth-order valence-corrected chi connectivity index (χ4v) is 4.88. The third kappa shape index (κ3) is 5.00. The number of methoxy groups -OCH3 is 1. The minimum absolute atomic E-state index is 0.00771. The zero-order valence-corrected chi connectivity index (χ0v) is 20.5. The summed E-state index contributed by atoms with van der Waals surface area (Å²) in [6, 6.07) is 16.8.